The molecule has 2 N–H and O–H groups in total. The summed E-state index contributed by atoms with van der Waals surface area (Å²) in [6, 6.07) is 7.40. The number of rotatable bonds is 2. The SMILES string of the molecule is NC(c1ccc2cccnc2c1)C(F)F. The summed E-state index contributed by atoms with van der Waals surface area (Å²) in [6.45, 7) is 0. The summed E-state index contributed by atoms with van der Waals surface area (Å²) in [7, 11) is 0. The fourth-order valence-corrected chi connectivity index (χ4v) is 1.44. The van der Waals surface area contributed by atoms with E-state index in [0.717, 1.165) is 5.39 Å². The number of pyridine rings is 1. The van der Waals surface area contributed by atoms with Crippen molar-refractivity contribution >= 4 is 10.9 Å². The Bertz CT molecular complexity index is 471. The van der Waals surface area contributed by atoms with Crippen LogP contribution in [0, 0.1) is 0 Å². The number of aromatic nitrogens is 1. The van der Waals surface area contributed by atoms with E-state index in [4.69, 9.17) is 5.73 Å². The van der Waals surface area contributed by atoms with Crippen molar-refractivity contribution in [2.45, 2.75) is 12.5 Å². The third-order valence-electron chi connectivity index (χ3n) is 2.29. The number of nitrogens with zero attached hydrogens (tertiary/aromatic N) is 1. The van der Waals surface area contributed by atoms with Crippen LogP contribution in [0.4, 0.5) is 8.78 Å². The molecule has 0 bridgehead atoms. The molecule has 78 valence electrons. The third-order valence-corrected chi connectivity index (χ3v) is 2.29. The molecule has 1 aromatic carbocycles. The van der Waals surface area contributed by atoms with Gasteiger partial charge in [0.1, 0.15) is 0 Å². The highest BCUT2D eigenvalue weighted by molar-refractivity contribution is 5.78. The minimum atomic E-state index is -2.55. The number of benzene rings is 1. The molecule has 0 saturated carbocycles. The number of halogens is 2. The quantitative estimate of drug-likeness (QED) is 0.823. The lowest BCUT2D eigenvalue weighted by Crippen LogP contribution is -2.18. The van der Waals surface area contributed by atoms with E-state index in [0.29, 0.717) is 11.1 Å². The van der Waals surface area contributed by atoms with Crippen molar-refractivity contribution in [2.75, 3.05) is 0 Å². The van der Waals surface area contributed by atoms with Crippen molar-refractivity contribution in [3.05, 3.63) is 42.1 Å². The summed E-state index contributed by atoms with van der Waals surface area (Å²) in [5.74, 6) is 0. The van der Waals surface area contributed by atoms with Gasteiger partial charge in [-0.2, -0.15) is 0 Å². The highest BCUT2D eigenvalue weighted by atomic mass is 19.3. The lowest BCUT2D eigenvalue weighted by Gasteiger charge is -2.10. The summed E-state index contributed by atoms with van der Waals surface area (Å²) in [6.07, 6.45) is -0.925. The van der Waals surface area contributed by atoms with Crippen LogP contribution in [-0.2, 0) is 0 Å². The van der Waals surface area contributed by atoms with Crippen molar-refractivity contribution in [1.82, 2.24) is 4.98 Å². The summed E-state index contributed by atoms with van der Waals surface area (Å²) in [5.41, 5.74) is 6.45. The van der Waals surface area contributed by atoms with E-state index >= 15 is 0 Å². The Kier molecular flexibility index (Phi) is 2.60. The first kappa shape index (κ1) is 9.98. The van der Waals surface area contributed by atoms with E-state index < -0.39 is 12.5 Å². The van der Waals surface area contributed by atoms with E-state index in [2.05, 4.69) is 4.98 Å². The van der Waals surface area contributed by atoms with Gasteiger partial charge in [0.25, 0.3) is 6.43 Å². The Morgan fingerprint density at radius 3 is 2.73 bits per heavy atom. The summed E-state index contributed by atoms with van der Waals surface area (Å²) in [4.78, 5) is 4.08. The van der Waals surface area contributed by atoms with Crippen molar-refractivity contribution in [3.8, 4) is 0 Å². The lowest BCUT2D eigenvalue weighted by molar-refractivity contribution is 0.116. The van der Waals surface area contributed by atoms with Crippen LogP contribution >= 0.6 is 0 Å². The monoisotopic (exact) mass is 208 g/mol. The van der Waals surface area contributed by atoms with Gasteiger partial charge in [-0.3, -0.25) is 4.98 Å². The van der Waals surface area contributed by atoms with Gasteiger partial charge in [-0.05, 0) is 17.7 Å². The Morgan fingerprint density at radius 1 is 1.20 bits per heavy atom. The molecule has 0 aliphatic heterocycles. The van der Waals surface area contributed by atoms with Crippen molar-refractivity contribution in [3.63, 3.8) is 0 Å². The molecule has 2 rings (SSSR count). The average Bonchev–Trinajstić information content (AvgIpc) is 2.27. The molecule has 1 heterocycles. The maximum absolute atomic E-state index is 12.4. The lowest BCUT2D eigenvalue weighted by atomic mass is 10.1. The van der Waals surface area contributed by atoms with Crippen LogP contribution < -0.4 is 5.73 Å². The van der Waals surface area contributed by atoms with E-state index in [9.17, 15) is 8.78 Å². The molecule has 0 saturated heterocycles. The molecule has 4 heteroatoms. The first-order valence-corrected chi connectivity index (χ1v) is 4.57. The minimum Gasteiger partial charge on any atom is -0.319 e. The second-order valence-electron chi connectivity index (χ2n) is 3.32. The topological polar surface area (TPSA) is 38.9 Å². The summed E-state index contributed by atoms with van der Waals surface area (Å²) in [5, 5.41) is 0.919. The summed E-state index contributed by atoms with van der Waals surface area (Å²) >= 11 is 0. The minimum absolute atomic E-state index is 0.413. The Hall–Kier alpha value is -1.55. The van der Waals surface area contributed by atoms with Gasteiger partial charge in [0.15, 0.2) is 0 Å². The first-order chi connectivity index (χ1) is 7.18. The largest absolute Gasteiger partial charge is 0.319 e. The average molecular weight is 208 g/mol. The molecule has 0 aliphatic carbocycles. The number of nitrogens with two attached hydrogens (primary N) is 1. The predicted molar refractivity (Wildman–Crippen MR) is 54.7 cm³/mol. The Balaban J connectivity index is 2.47. The molecule has 1 unspecified atom stereocenters. The number of fused-ring (bicyclic) bond motifs is 1. The number of hydrogen-bond acceptors (Lipinski definition) is 2. The molecule has 1 atom stereocenters. The van der Waals surface area contributed by atoms with Crippen LogP contribution in [0.15, 0.2) is 36.5 Å². The fraction of sp³-hybridized carbons (Fsp3) is 0.182. The molecule has 0 radical (unpaired) electrons. The van der Waals surface area contributed by atoms with Gasteiger partial charge >= 0.3 is 0 Å². The zero-order chi connectivity index (χ0) is 10.8. The molecule has 15 heavy (non-hydrogen) atoms. The number of hydrogen-bond donors (Lipinski definition) is 1. The van der Waals surface area contributed by atoms with Crippen molar-refractivity contribution < 1.29 is 8.78 Å². The van der Waals surface area contributed by atoms with Crippen LogP contribution in [0.25, 0.3) is 10.9 Å². The fourth-order valence-electron chi connectivity index (χ4n) is 1.44. The normalized spacial score (nSPS) is 13.3. The highest BCUT2D eigenvalue weighted by Crippen LogP contribution is 2.21. The third kappa shape index (κ3) is 1.94. The molecule has 0 aliphatic rings. The zero-order valence-electron chi connectivity index (χ0n) is 7.90. The van der Waals surface area contributed by atoms with Crippen LogP contribution in [0.2, 0.25) is 0 Å². The molecule has 1 aromatic heterocycles. The maximum atomic E-state index is 12.4. The van der Waals surface area contributed by atoms with Gasteiger partial charge in [0, 0.05) is 11.6 Å². The molecular formula is C11H10F2N2. The molecular weight excluding hydrogens is 198 g/mol. The van der Waals surface area contributed by atoms with Gasteiger partial charge in [-0.15, -0.1) is 0 Å². The van der Waals surface area contributed by atoms with E-state index in [-0.39, 0.29) is 0 Å². The molecule has 0 amide bonds. The Labute approximate surface area is 85.7 Å². The van der Waals surface area contributed by atoms with E-state index in [1.807, 2.05) is 6.07 Å². The van der Waals surface area contributed by atoms with Crippen molar-refractivity contribution in [1.29, 1.82) is 0 Å². The van der Waals surface area contributed by atoms with Crippen LogP contribution in [0.1, 0.15) is 11.6 Å². The van der Waals surface area contributed by atoms with Crippen molar-refractivity contribution in [2.24, 2.45) is 5.73 Å². The number of alkyl halides is 2. The van der Waals surface area contributed by atoms with Gasteiger partial charge in [0.2, 0.25) is 0 Å². The molecule has 2 nitrogen and oxygen atoms in total. The second-order valence-corrected chi connectivity index (χ2v) is 3.32. The summed E-state index contributed by atoms with van der Waals surface area (Å²) < 4.78 is 24.7. The maximum Gasteiger partial charge on any atom is 0.257 e. The standard InChI is InChI=1S/C11H10F2N2/c12-11(13)10(14)8-4-3-7-2-1-5-15-9(7)6-8/h1-6,10-11H,14H2. The van der Waals surface area contributed by atoms with Gasteiger partial charge in [0.05, 0.1) is 11.6 Å². The van der Waals surface area contributed by atoms with Crippen LogP contribution in [-0.4, -0.2) is 11.4 Å². The molecule has 0 spiro atoms. The highest BCUT2D eigenvalue weighted by Gasteiger charge is 2.17. The van der Waals surface area contributed by atoms with E-state index in [1.54, 1.807) is 30.5 Å². The zero-order valence-corrected chi connectivity index (χ0v) is 7.90. The molecule has 2 aromatic rings. The van der Waals surface area contributed by atoms with Crippen LogP contribution in [0.3, 0.4) is 0 Å². The van der Waals surface area contributed by atoms with Gasteiger partial charge in [-0.1, -0.05) is 18.2 Å². The predicted octanol–water partition coefficient (Wildman–Crippen LogP) is 2.50. The second kappa shape index (κ2) is 3.90. The van der Waals surface area contributed by atoms with Gasteiger partial charge in [-0.25, -0.2) is 8.78 Å². The van der Waals surface area contributed by atoms with Gasteiger partial charge < -0.3 is 5.73 Å². The van der Waals surface area contributed by atoms with Crippen LogP contribution in [0.5, 0.6) is 0 Å². The molecule has 0 fully saturated rings. The Morgan fingerprint density at radius 2 is 2.00 bits per heavy atom. The van der Waals surface area contributed by atoms with E-state index in [1.165, 1.54) is 0 Å². The smallest absolute Gasteiger partial charge is 0.257 e. The first-order valence-electron chi connectivity index (χ1n) is 4.57.